The van der Waals surface area contributed by atoms with Crippen LogP contribution in [0.1, 0.15) is 35.5 Å². The molecule has 58 heavy (non-hydrogen) atoms. The number of nitrogen functional groups attached to an aromatic ring is 1. The number of phosphoric ester groups is 1. The van der Waals surface area contributed by atoms with Crippen LogP contribution in [0.15, 0.2) is 47.0 Å². The second kappa shape index (κ2) is 22.7. The topological polar surface area (TPSA) is 354 Å². The number of azide groups is 2. The van der Waals surface area contributed by atoms with Crippen molar-refractivity contribution in [3.63, 3.8) is 0 Å². The van der Waals surface area contributed by atoms with E-state index >= 15 is 0 Å². The van der Waals surface area contributed by atoms with Crippen LogP contribution >= 0.6 is 7.82 Å². The number of anilines is 1. The van der Waals surface area contributed by atoms with Gasteiger partial charge in [-0.1, -0.05) is 28.1 Å². The predicted molar refractivity (Wildman–Crippen MR) is 200 cm³/mol. The van der Waals surface area contributed by atoms with Gasteiger partial charge in [0.15, 0.2) is 6.23 Å². The van der Waals surface area contributed by atoms with E-state index in [-0.39, 0.29) is 76.8 Å². The Morgan fingerprint density at radius 1 is 1.17 bits per heavy atom. The Morgan fingerprint density at radius 3 is 2.74 bits per heavy atom. The molecule has 1 unspecified atom stereocenters. The number of phosphoric acid groups is 1. The number of carbonyl (C=O) groups excluding carboxylic acids is 3. The number of benzene rings is 1. The number of aromatic nitrogens is 3. The first-order chi connectivity index (χ1) is 27.9. The summed E-state index contributed by atoms with van der Waals surface area (Å²) in [5, 5.41) is 15.1. The van der Waals surface area contributed by atoms with Gasteiger partial charge < -0.3 is 59.7 Å². The van der Waals surface area contributed by atoms with Gasteiger partial charge in [-0.3, -0.25) is 18.9 Å². The van der Waals surface area contributed by atoms with Crippen LogP contribution in [0.3, 0.4) is 0 Å². The van der Waals surface area contributed by atoms with Gasteiger partial charge in [0.2, 0.25) is 11.8 Å². The third-order valence-corrected chi connectivity index (χ3v) is 8.25. The summed E-state index contributed by atoms with van der Waals surface area (Å²) in [5.41, 5.74) is 24.7. The average molecular weight is 830 g/mol. The van der Waals surface area contributed by atoms with Crippen LogP contribution in [-0.4, -0.2) is 120 Å². The predicted octanol–water partition coefficient (Wildman–Crippen LogP) is 1.15. The molecule has 1 saturated heterocycles. The monoisotopic (exact) mass is 829 g/mol. The summed E-state index contributed by atoms with van der Waals surface area (Å²) in [6, 6.07) is 6.30. The highest BCUT2D eigenvalue weighted by Gasteiger charge is 2.39. The van der Waals surface area contributed by atoms with E-state index in [1.165, 1.54) is 19.3 Å². The minimum absolute atomic E-state index is 0.0313. The van der Waals surface area contributed by atoms with Crippen molar-refractivity contribution < 1.29 is 56.9 Å². The second-order valence-corrected chi connectivity index (χ2v) is 13.1. The van der Waals surface area contributed by atoms with E-state index < -0.39 is 45.0 Å². The van der Waals surface area contributed by atoms with Crippen LogP contribution in [0, 0.1) is 11.8 Å². The van der Waals surface area contributed by atoms with Gasteiger partial charge in [-0.15, -0.1) is 0 Å². The zero-order chi connectivity index (χ0) is 41.9. The highest BCUT2D eigenvalue weighted by molar-refractivity contribution is 7.46. The number of hydrogen-bond acceptors (Lipinski definition) is 15. The zero-order valence-corrected chi connectivity index (χ0v) is 31.8. The van der Waals surface area contributed by atoms with Gasteiger partial charge in [-0.05, 0) is 29.3 Å². The summed E-state index contributed by atoms with van der Waals surface area (Å²) >= 11 is 0. The lowest BCUT2D eigenvalue weighted by atomic mass is 10.2. The molecule has 3 heterocycles. The lowest BCUT2D eigenvalue weighted by Crippen LogP contribution is -2.33. The molecule has 4 rings (SSSR count). The molecule has 3 aromatic rings. The molecule has 0 saturated carbocycles. The van der Waals surface area contributed by atoms with Gasteiger partial charge in [0.05, 0.1) is 43.4 Å². The first-order valence-corrected chi connectivity index (χ1v) is 18.7. The molecule has 0 aliphatic carbocycles. The number of rotatable bonds is 22. The van der Waals surface area contributed by atoms with E-state index in [1.807, 2.05) is 0 Å². The Kier molecular flexibility index (Phi) is 17.5. The van der Waals surface area contributed by atoms with Crippen molar-refractivity contribution in [2.24, 2.45) is 10.2 Å². The van der Waals surface area contributed by atoms with Crippen LogP contribution in [0.4, 0.5) is 5.82 Å². The Hall–Kier alpha value is -6.02. The van der Waals surface area contributed by atoms with Crippen molar-refractivity contribution in [1.29, 1.82) is 0 Å². The Labute approximate surface area is 329 Å². The fourth-order valence-corrected chi connectivity index (χ4v) is 5.61. The molecule has 2 aromatic heterocycles. The number of carbonyl (C=O) groups is 3. The summed E-state index contributed by atoms with van der Waals surface area (Å²) in [4.78, 5) is 67.8. The standard InChI is InChI=1S/C32H40N13O12P/c1-20(46)36-8-9-38-32(48)21-4-2-6-23(12-21)54-17-27(42-44-35)53-11-10-52-16-26(47)37-7-3-5-22-14-45(31-29(22)30(33)39-18-40-31)28-13-24(55-19-41-43-34)25(57-28)15-56-58(49,50)51/h2,4,6,12,14,18,24-25,27-28H,7-11,13,15-17,19H2,1H3,(H,36,46)(H,37,47)(H,38,48)(H2,33,39,40)(H2,49,50,51)/t24-,25-,27?,28-/m1/s1. The Balaban J connectivity index is 1.23. The molecule has 1 fully saturated rings. The van der Waals surface area contributed by atoms with Crippen molar-refractivity contribution in [2.75, 3.05) is 65.1 Å². The van der Waals surface area contributed by atoms with Crippen molar-refractivity contribution in [3.8, 4) is 17.6 Å². The minimum Gasteiger partial charge on any atom is -0.491 e. The van der Waals surface area contributed by atoms with Crippen LogP contribution in [0.5, 0.6) is 5.75 Å². The average Bonchev–Trinajstić information content (AvgIpc) is 3.77. The molecule has 4 atom stereocenters. The molecule has 7 N–H and O–H groups in total. The molecule has 0 spiro atoms. The van der Waals surface area contributed by atoms with Crippen LogP contribution < -0.4 is 26.4 Å². The first kappa shape index (κ1) is 44.7. The number of nitrogens with one attached hydrogen (secondary N) is 3. The van der Waals surface area contributed by atoms with Crippen molar-refractivity contribution >= 4 is 42.4 Å². The van der Waals surface area contributed by atoms with E-state index in [0.29, 0.717) is 27.9 Å². The number of nitrogens with zero attached hydrogens (tertiary/aromatic N) is 9. The number of ether oxygens (including phenoxy) is 5. The molecular weight excluding hydrogens is 789 g/mol. The molecule has 1 aromatic carbocycles. The molecule has 3 amide bonds. The first-order valence-electron chi connectivity index (χ1n) is 17.2. The van der Waals surface area contributed by atoms with Crippen LogP contribution in [0.2, 0.25) is 0 Å². The summed E-state index contributed by atoms with van der Waals surface area (Å²) < 4.78 is 45.6. The van der Waals surface area contributed by atoms with Gasteiger partial charge >= 0.3 is 7.82 Å². The third-order valence-electron chi connectivity index (χ3n) is 7.77. The van der Waals surface area contributed by atoms with Crippen LogP contribution in [-0.2, 0) is 37.6 Å². The number of nitrogens with two attached hydrogens (primary N) is 1. The summed E-state index contributed by atoms with van der Waals surface area (Å²) in [7, 11) is -4.82. The fourth-order valence-electron chi connectivity index (χ4n) is 5.27. The maximum Gasteiger partial charge on any atom is 0.469 e. The zero-order valence-electron chi connectivity index (χ0n) is 30.9. The molecule has 0 bridgehead atoms. The van der Waals surface area contributed by atoms with E-state index in [4.69, 9.17) is 50.3 Å². The maximum absolute atomic E-state index is 12.4. The summed E-state index contributed by atoms with van der Waals surface area (Å²) in [5.74, 6) is 5.13. The molecule has 310 valence electrons. The Morgan fingerprint density at radius 2 is 1.98 bits per heavy atom. The SMILES string of the molecule is CC(=O)NCCNC(=O)c1cccc(OCC(N=[N+]=[N-])OCCOCC(=O)NCC#Cc2cn([C@H]3C[C@@H](OCN=[N+]=[N-])[C@@H](COP(=O)(O)O)O3)c3ncnc(N)c23)c1. The van der Waals surface area contributed by atoms with E-state index in [9.17, 15) is 18.9 Å². The molecule has 1 aliphatic rings. The van der Waals surface area contributed by atoms with Gasteiger partial charge in [0.1, 0.15) is 55.8 Å². The van der Waals surface area contributed by atoms with Gasteiger partial charge in [-0.25, -0.2) is 14.5 Å². The lowest BCUT2D eigenvalue weighted by Gasteiger charge is -2.18. The van der Waals surface area contributed by atoms with E-state index in [1.54, 1.807) is 29.0 Å². The smallest absolute Gasteiger partial charge is 0.469 e. The fraction of sp³-hybridized carbons (Fsp3) is 0.469. The minimum atomic E-state index is -4.82. The molecule has 26 heteroatoms. The van der Waals surface area contributed by atoms with Gasteiger partial charge in [0, 0.05) is 48.0 Å². The lowest BCUT2D eigenvalue weighted by molar-refractivity contribution is -0.126. The number of fused-ring (bicyclic) bond motifs is 1. The number of hydrogen-bond donors (Lipinski definition) is 6. The maximum atomic E-state index is 12.4. The highest BCUT2D eigenvalue weighted by atomic mass is 31.2. The Bertz CT molecular complexity index is 2110. The van der Waals surface area contributed by atoms with E-state index in [0.717, 1.165) is 0 Å². The van der Waals surface area contributed by atoms with Gasteiger partial charge in [-0.2, -0.15) is 0 Å². The molecule has 1 aliphatic heterocycles. The summed E-state index contributed by atoms with van der Waals surface area (Å²) in [6.45, 7) is 0.356. The van der Waals surface area contributed by atoms with Gasteiger partial charge in [0.25, 0.3) is 5.91 Å². The molecular formula is C32H40N13O12P. The van der Waals surface area contributed by atoms with E-state index in [2.05, 4.69) is 62.3 Å². The molecule has 25 nitrogen and oxygen atoms in total. The summed E-state index contributed by atoms with van der Waals surface area (Å²) in [6.07, 6.45) is -0.558. The molecule has 0 radical (unpaired) electrons. The number of amides is 3. The van der Waals surface area contributed by atoms with Crippen LogP contribution in [0.25, 0.3) is 31.9 Å². The van der Waals surface area contributed by atoms with Crippen molar-refractivity contribution in [1.82, 2.24) is 30.5 Å². The third kappa shape index (κ3) is 14.5. The quantitative estimate of drug-likeness (QED) is 0.0207. The largest absolute Gasteiger partial charge is 0.491 e. The highest BCUT2D eigenvalue weighted by Crippen LogP contribution is 2.40. The second-order valence-electron chi connectivity index (χ2n) is 11.9. The normalized spacial score (nSPS) is 16.6. The van der Waals surface area contributed by atoms with Crippen molar-refractivity contribution in [2.45, 2.75) is 38.0 Å². The van der Waals surface area contributed by atoms with Crippen molar-refractivity contribution in [3.05, 3.63) is 68.8 Å².